The van der Waals surface area contributed by atoms with Crippen LogP contribution in [0.1, 0.15) is 37.9 Å². The highest BCUT2D eigenvalue weighted by molar-refractivity contribution is 5.31. The average Bonchev–Trinajstić information content (AvgIpc) is 2.35. The van der Waals surface area contributed by atoms with Gasteiger partial charge in [0.2, 0.25) is 0 Å². The van der Waals surface area contributed by atoms with Gasteiger partial charge in [0, 0.05) is 32.2 Å². The minimum Gasteiger partial charge on any atom is -0.314 e. The molecule has 0 radical (unpaired) electrons. The predicted molar refractivity (Wildman–Crippen MR) is 77.8 cm³/mol. The number of rotatable bonds is 2. The molecule has 19 heavy (non-hydrogen) atoms. The molecule has 2 rings (SSSR count). The maximum Gasteiger partial charge on any atom is 0.126 e. The van der Waals surface area contributed by atoms with E-state index in [9.17, 15) is 4.39 Å². The summed E-state index contributed by atoms with van der Waals surface area (Å²) in [5.74, 6) is -0.0955. The summed E-state index contributed by atoms with van der Waals surface area (Å²) in [6, 6.07) is 5.73. The number of benzene rings is 1. The van der Waals surface area contributed by atoms with Crippen molar-refractivity contribution < 1.29 is 4.39 Å². The lowest BCUT2D eigenvalue weighted by Crippen LogP contribution is -2.48. The Hall–Kier alpha value is -0.930. The fourth-order valence-electron chi connectivity index (χ4n) is 3.07. The largest absolute Gasteiger partial charge is 0.314 e. The summed E-state index contributed by atoms with van der Waals surface area (Å²) in [5, 5.41) is 3.38. The molecule has 0 unspecified atom stereocenters. The van der Waals surface area contributed by atoms with E-state index < -0.39 is 0 Å². The van der Waals surface area contributed by atoms with Crippen molar-refractivity contribution in [3.63, 3.8) is 0 Å². The molecule has 0 amide bonds. The van der Waals surface area contributed by atoms with Gasteiger partial charge in [0.15, 0.2) is 0 Å². The Morgan fingerprint density at radius 1 is 1.21 bits per heavy atom. The van der Waals surface area contributed by atoms with Crippen molar-refractivity contribution in [3.8, 4) is 0 Å². The summed E-state index contributed by atoms with van der Waals surface area (Å²) >= 11 is 0. The van der Waals surface area contributed by atoms with Gasteiger partial charge in [-0.15, -0.1) is 0 Å². The predicted octanol–water partition coefficient (Wildman–Crippen LogP) is 3.13. The first-order valence-electron chi connectivity index (χ1n) is 7.11. The molecular weight excluding hydrogens is 239 g/mol. The third-order valence-corrected chi connectivity index (χ3v) is 3.94. The van der Waals surface area contributed by atoms with Gasteiger partial charge >= 0.3 is 0 Å². The van der Waals surface area contributed by atoms with Crippen LogP contribution in [-0.4, -0.2) is 31.1 Å². The average molecular weight is 264 g/mol. The van der Waals surface area contributed by atoms with Crippen LogP contribution in [0, 0.1) is 18.2 Å². The topological polar surface area (TPSA) is 15.3 Å². The van der Waals surface area contributed by atoms with E-state index >= 15 is 0 Å². The van der Waals surface area contributed by atoms with E-state index in [2.05, 4.69) is 37.1 Å². The van der Waals surface area contributed by atoms with E-state index in [1.165, 1.54) is 0 Å². The second-order valence-electron chi connectivity index (χ2n) is 6.51. The summed E-state index contributed by atoms with van der Waals surface area (Å²) in [6.07, 6.45) is 0. The van der Waals surface area contributed by atoms with Gasteiger partial charge in [-0.1, -0.05) is 32.9 Å². The Kier molecular flexibility index (Phi) is 4.26. The zero-order valence-corrected chi connectivity index (χ0v) is 12.5. The third kappa shape index (κ3) is 3.15. The molecule has 0 bridgehead atoms. The summed E-state index contributed by atoms with van der Waals surface area (Å²) in [4.78, 5) is 2.48. The molecule has 1 fully saturated rings. The highest BCUT2D eigenvalue weighted by atomic mass is 19.1. The third-order valence-electron chi connectivity index (χ3n) is 3.94. The normalized spacial score (nSPS) is 19.4. The van der Waals surface area contributed by atoms with Crippen molar-refractivity contribution >= 4 is 0 Å². The van der Waals surface area contributed by atoms with E-state index in [1.807, 2.05) is 13.0 Å². The van der Waals surface area contributed by atoms with Crippen molar-refractivity contribution in [3.05, 3.63) is 35.1 Å². The molecule has 0 spiro atoms. The summed E-state index contributed by atoms with van der Waals surface area (Å²) in [6.45, 7) is 12.7. The van der Waals surface area contributed by atoms with Crippen molar-refractivity contribution in [1.29, 1.82) is 0 Å². The minimum absolute atomic E-state index is 0.0931. The molecule has 0 saturated carbocycles. The maximum absolute atomic E-state index is 13.9. The van der Waals surface area contributed by atoms with Crippen LogP contribution in [0.3, 0.4) is 0 Å². The van der Waals surface area contributed by atoms with Crippen LogP contribution in [0.2, 0.25) is 0 Å². The smallest absolute Gasteiger partial charge is 0.126 e. The number of hydrogen-bond acceptors (Lipinski definition) is 2. The van der Waals surface area contributed by atoms with Gasteiger partial charge in [-0.3, -0.25) is 4.90 Å². The lowest BCUT2D eigenvalue weighted by molar-refractivity contribution is 0.0855. The Balaban J connectivity index is 2.40. The highest BCUT2D eigenvalue weighted by Crippen LogP contribution is 2.39. The first kappa shape index (κ1) is 14.5. The second-order valence-corrected chi connectivity index (χ2v) is 6.51. The van der Waals surface area contributed by atoms with E-state index in [0.717, 1.165) is 37.3 Å². The Morgan fingerprint density at radius 3 is 2.42 bits per heavy atom. The molecule has 2 nitrogen and oxygen atoms in total. The fourth-order valence-corrected chi connectivity index (χ4v) is 3.07. The van der Waals surface area contributed by atoms with Crippen molar-refractivity contribution in [2.75, 3.05) is 26.2 Å². The number of nitrogens with zero attached hydrogens (tertiary/aromatic N) is 1. The van der Waals surface area contributed by atoms with Gasteiger partial charge < -0.3 is 5.32 Å². The van der Waals surface area contributed by atoms with Crippen LogP contribution in [0.4, 0.5) is 4.39 Å². The molecular formula is C16H25FN2. The van der Waals surface area contributed by atoms with Crippen LogP contribution in [-0.2, 0) is 0 Å². The number of piperazine rings is 1. The Bertz CT molecular complexity index is 431. The van der Waals surface area contributed by atoms with Crippen molar-refractivity contribution in [1.82, 2.24) is 10.2 Å². The lowest BCUT2D eigenvalue weighted by atomic mass is 9.79. The Morgan fingerprint density at radius 2 is 1.84 bits per heavy atom. The monoisotopic (exact) mass is 264 g/mol. The van der Waals surface area contributed by atoms with Crippen LogP contribution in [0.25, 0.3) is 0 Å². The van der Waals surface area contributed by atoms with E-state index in [1.54, 1.807) is 6.07 Å². The van der Waals surface area contributed by atoms with Crippen LogP contribution < -0.4 is 5.32 Å². The zero-order valence-electron chi connectivity index (χ0n) is 12.5. The molecule has 1 heterocycles. The molecule has 1 aliphatic heterocycles. The van der Waals surface area contributed by atoms with Gasteiger partial charge in [0.1, 0.15) is 5.82 Å². The van der Waals surface area contributed by atoms with E-state index in [0.29, 0.717) is 0 Å². The second kappa shape index (κ2) is 5.59. The molecule has 1 aliphatic rings. The maximum atomic E-state index is 13.9. The quantitative estimate of drug-likeness (QED) is 0.883. The molecule has 1 atom stereocenters. The van der Waals surface area contributed by atoms with Gasteiger partial charge in [-0.25, -0.2) is 4.39 Å². The number of halogens is 1. The van der Waals surface area contributed by atoms with Gasteiger partial charge in [0.05, 0.1) is 0 Å². The highest BCUT2D eigenvalue weighted by Gasteiger charge is 2.33. The van der Waals surface area contributed by atoms with Crippen LogP contribution in [0.5, 0.6) is 0 Å². The van der Waals surface area contributed by atoms with E-state index in [-0.39, 0.29) is 17.3 Å². The fraction of sp³-hybridized carbons (Fsp3) is 0.625. The number of hydrogen-bond donors (Lipinski definition) is 1. The molecule has 1 aromatic carbocycles. The van der Waals surface area contributed by atoms with E-state index in [4.69, 9.17) is 0 Å². The van der Waals surface area contributed by atoms with Crippen molar-refractivity contribution in [2.45, 2.75) is 33.7 Å². The first-order valence-corrected chi connectivity index (χ1v) is 7.11. The standard InChI is InChI=1S/C16H25FN2/c1-12-13(6-5-7-14(12)17)15(16(2,3)4)19-10-8-18-9-11-19/h5-7,15,18H,8-11H2,1-4H3/t15-/m1/s1. The van der Waals surface area contributed by atoms with Gasteiger partial charge in [-0.05, 0) is 29.5 Å². The minimum atomic E-state index is -0.0955. The SMILES string of the molecule is Cc1c(F)cccc1[C@@H](N1CCNCC1)C(C)(C)C. The molecule has 0 aliphatic carbocycles. The zero-order chi connectivity index (χ0) is 14.0. The van der Waals surface area contributed by atoms with Gasteiger partial charge in [-0.2, -0.15) is 0 Å². The molecule has 1 aromatic rings. The molecule has 0 aromatic heterocycles. The Labute approximate surface area is 116 Å². The number of nitrogens with one attached hydrogen (secondary N) is 1. The van der Waals surface area contributed by atoms with Crippen LogP contribution in [0.15, 0.2) is 18.2 Å². The molecule has 1 saturated heterocycles. The first-order chi connectivity index (χ1) is 8.91. The molecule has 106 valence electrons. The lowest BCUT2D eigenvalue weighted by Gasteiger charge is -2.43. The molecule has 1 N–H and O–H groups in total. The molecule has 3 heteroatoms. The van der Waals surface area contributed by atoms with Crippen molar-refractivity contribution in [2.24, 2.45) is 5.41 Å². The summed E-state index contributed by atoms with van der Waals surface area (Å²) in [5.41, 5.74) is 2.02. The van der Waals surface area contributed by atoms with Crippen LogP contribution >= 0.6 is 0 Å². The van der Waals surface area contributed by atoms with Gasteiger partial charge in [0.25, 0.3) is 0 Å². The summed E-state index contributed by atoms with van der Waals surface area (Å²) in [7, 11) is 0. The summed E-state index contributed by atoms with van der Waals surface area (Å²) < 4.78 is 13.9.